The molecule has 14 nitrogen and oxygen atoms in total. The van der Waals surface area contributed by atoms with E-state index in [1.165, 1.54) is 0 Å². The molecule has 4 atom stereocenters. The highest BCUT2D eigenvalue weighted by Gasteiger charge is 2.31. The minimum absolute atomic E-state index is 0.0571. The molecule has 0 fully saturated rings. The number of carbonyl (C=O) groups is 6. The highest BCUT2D eigenvalue weighted by atomic mass is 16.4. The highest BCUT2D eigenvalue weighted by molar-refractivity contribution is 5.96. The third kappa shape index (κ3) is 12.3. The fourth-order valence-corrected chi connectivity index (χ4v) is 3.48. The highest BCUT2D eigenvalue weighted by Crippen LogP contribution is 2.06. The second kappa shape index (κ2) is 16.7. The number of carboxylic acid groups (broad SMARTS) is 1. The van der Waals surface area contributed by atoms with Gasteiger partial charge in [-0.15, -0.1) is 0 Å². The number of benzene rings is 1. The van der Waals surface area contributed by atoms with Crippen LogP contribution >= 0.6 is 0 Å². The van der Waals surface area contributed by atoms with E-state index >= 15 is 0 Å². The van der Waals surface area contributed by atoms with E-state index in [9.17, 15) is 33.9 Å². The van der Waals surface area contributed by atoms with Crippen LogP contribution in [-0.2, 0) is 35.2 Å². The summed E-state index contributed by atoms with van der Waals surface area (Å²) in [4.78, 5) is 73.0. The van der Waals surface area contributed by atoms with Gasteiger partial charge in [0.15, 0.2) is 0 Å². The topological polar surface area (TPSA) is 263 Å². The number of carboxylic acids is 1. The Labute approximate surface area is 220 Å². The molecule has 0 aliphatic rings. The van der Waals surface area contributed by atoms with Crippen molar-refractivity contribution in [1.82, 2.24) is 16.0 Å². The van der Waals surface area contributed by atoms with Gasteiger partial charge in [-0.2, -0.15) is 0 Å². The summed E-state index contributed by atoms with van der Waals surface area (Å²) in [6.07, 6.45) is 0.349. The number of hydrogen-bond donors (Lipinski definition) is 8. The van der Waals surface area contributed by atoms with Gasteiger partial charge < -0.3 is 44.0 Å². The lowest BCUT2D eigenvalue weighted by molar-refractivity contribution is -0.142. The maximum Gasteiger partial charge on any atom is 0.326 e. The van der Waals surface area contributed by atoms with Crippen LogP contribution in [0.4, 0.5) is 0 Å². The number of nitrogens with two attached hydrogens (primary N) is 4. The molecular weight excluding hydrogens is 498 g/mol. The van der Waals surface area contributed by atoms with Gasteiger partial charge in [0.1, 0.15) is 18.1 Å². The van der Waals surface area contributed by atoms with E-state index < -0.39 is 66.1 Å². The van der Waals surface area contributed by atoms with Crippen molar-refractivity contribution in [2.75, 3.05) is 6.54 Å². The van der Waals surface area contributed by atoms with Crippen molar-refractivity contribution in [3.8, 4) is 0 Å². The first-order valence-electron chi connectivity index (χ1n) is 12.1. The zero-order chi connectivity index (χ0) is 28.7. The molecule has 0 aliphatic carbocycles. The van der Waals surface area contributed by atoms with Gasteiger partial charge in [-0.1, -0.05) is 36.8 Å². The average Bonchev–Trinajstić information content (AvgIpc) is 2.85. The monoisotopic (exact) mass is 535 g/mol. The van der Waals surface area contributed by atoms with E-state index in [0.717, 1.165) is 0 Å². The first-order valence-corrected chi connectivity index (χ1v) is 12.1. The first kappa shape index (κ1) is 32.0. The maximum absolute atomic E-state index is 13.0. The number of aliphatic carboxylic acids is 1. The Balaban J connectivity index is 2.99. The van der Waals surface area contributed by atoms with Gasteiger partial charge in [0.05, 0.1) is 12.5 Å². The van der Waals surface area contributed by atoms with E-state index in [4.69, 9.17) is 22.9 Å². The van der Waals surface area contributed by atoms with Crippen LogP contribution in [-0.4, -0.2) is 71.3 Å². The number of unbranched alkanes of at least 4 members (excludes halogenated alkanes) is 1. The van der Waals surface area contributed by atoms with Gasteiger partial charge in [0, 0.05) is 12.8 Å². The molecule has 1 aromatic rings. The number of nitrogens with one attached hydrogen (secondary N) is 3. The molecule has 210 valence electrons. The Morgan fingerprint density at radius 2 is 1.34 bits per heavy atom. The number of primary amides is 2. The summed E-state index contributed by atoms with van der Waals surface area (Å²) < 4.78 is 0. The van der Waals surface area contributed by atoms with E-state index in [-0.39, 0.29) is 19.3 Å². The zero-order valence-electron chi connectivity index (χ0n) is 21.1. The third-order valence-electron chi connectivity index (χ3n) is 5.55. The van der Waals surface area contributed by atoms with Crippen LogP contribution in [0.3, 0.4) is 0 Å². The van der Waals surface area contributed by atoms with Gasteiger partial charge in [0.25, 0.3) is 0 Å². The van der Waals surface area contributed by atoms with Crippen molar-refractivity contribution >= 4 is 35.5 Å². The fraction of sp³-hybridized carbons (Fsp3) is 0.500. The Kier molecular flexibility index (Phi) is 14.0. The number of hydrogen-bond acceptors (Lipinski definition) is 8. The van der Waals surface area contributed by atoms with Crippen LogP contribution in [0.25, 0.3) is 0 Å². The Morgan fingerprint density at radius 3 is 1.89 bits per heavy atom. The standard InChI is InChI=1S/C24H37N7O7/c25-11-5-4-8-15(26)21(34)29-16(9-10-19(27)32)22(35)30-17(13-20(28)33)23(36)31-18(24(37)38)12-14-6-2-1-3-7-14/h1-3,6-7,15-18H,4-5,8-13,25-26H2,(H2,27,32)(H2,28,33)(H,29,34)(H,30,35)(H,31,36)(H,37,38). The normalized spacial score (nSPS) is 13.8. The summed E-state index contributed by atoms with van der Waals surface area (Å²) in [7, 11) is 0. The summed E-state index contributed by atoms with van der Waals surface area (Å²) in [5.41, 5.74) is 22.3. The molecule has 5 amide bonds. The predicted molar refractivity (Wildman–Crippen MR) is 137 cm³/mol. The lowest BCUT2D eigenvalue weighted by Crippen LogP contribution is -2.58. The second-order valence-electron chi connectivity index (χ2n) is 8.78. The molecule has 1 aromatic carbocycles. The van der Waals surface area contributed by atoms with Crippen LogP contribution in [0.5, 0.6) is 0 Å². The van der Waals surface area contributed by atoms with Crippen LogP contribution in [0.15, 0.2) is 30.3 Å². The van der Waals surface area contributed by atoms with Crippen molar-refractivity contribution in [2.24, 2.45) is 22.9 Å². The van der Waals surface area contributed by atoms with E-state index in [0.29, 0.717) is 31.4 Å². The number of rotatable bonds is 18. The van der Waals surface area contributed by atoms with Crippen molar-refractivity contribution in [3.63, 3.8) is 0 Å². The molecule has 0 aliphatic heterocycles. The molecule has 4 unspecified atom stereocenters. The molecular formula is C24H37N7O7. The molecule has 0 bridgehead atoms. The van der Waals surface area contributed by atoms with E-state index in [1.54, 1.807) is 30.3 Å². The van der Waals surface area contributed by atoms with Crippen molar-refractivity contribution in [3.05, 3.63) is 35.9 Å². The summed E-state index contributed by atoms with van der Waals surface area (Å²) >= 11 is 0. The van der Waals surface area contributed by atoms with E-state index in [2.05, 4.69) is 16.0 Å². The summed E-state index contributed by atoms with van der Waals surface area (Å²) in [5.74, 6) is -5.57. The van der Waals surface area contributed by atoms with Gasteiger partial charge >= 0.3 is 5.97 Å². The minimum Gasteiger partial charge on any atom is -0.480 e. The quantitative estimate of drug-likeness (QED) is 0.0912. The largest absolute Gasteiger partial charge is 0.480 e. The molecule has 0 saturated carbocycles. The van der Waals surface area contributed by atoms with Gasteiger partial charge in [0.2, 0.25) is 29.5 Å². The first-order chi connectivity index (χ1) is 17.9. The summed E-state index contributed by atoms with van der Waals surface area (Å²) in [6.45, 7) is 0.426. The molecule has 38 heavy (non-hydrogen) atoms. The maximum atomic E-state index is 13.0. The van der Waals surface area contributed by atoms with Gasteiger partial charge in [-0.25, -0.2) is 4.79 Å². The molecule has 14 heteroatoms. The van der Waals surface area contributed by atoms with Gasteiger partial charge in [-0.3, -0.25) is 24.0 Å². The Bertz CT molecular complexity index is 974. The third-order valence-corrected chi connectivity index (χ3v) is 5.55. The average molecular weight is 536 g/mol. The molecule has 0 radical (unpaired) electrons. The summed E-state index contributed by atoms with van der Waals surface area (Å²) in [6, 6.07) is 3.32. The van der Waals surface area contributed by atoms with Crippen LogP contribution < -0.4 is 38.9 Å². The van der Waals surface area contributed by atoms with Crippen LogP contribution in [0, 0.1) is 0 Å². The Morgan fingerprint density at radius 1 is 0.763 bits per heavy atom. The van der Waals surface area contributed by atoms with Crippen molar-refractivity contribution in [1.29, 1.82) is 0 Å². The molecule has 0 saturated heterocycles. The molecule has 0 heterocycles. The number of carbonyl (C=O) groups excluding carboxylic acids is 5. The zero-order valence-corrected chi connectivity index (χ0v) is 21.1. The fourth-order valence-electron chi connectivity index (χ4n) is 3.48. The van der Waals surface area contributed by atoms with Crippen LogP contribution in [0.1, 0.15) is 44.1 Å². The lowest BCUT2D eigenvalue weighted by Gasteiger charge is -2.24. The SMILES string of the molecule is NCCCCC(N)C(=O)NC(CCC(N)=O)C(=O)NC(CC(N)=O)C(=O)NC(Cc1ccccc1)C(=O)O. The molecule has 0 aromatic heterocycles. The lowest BCUT2D eigenvalue weighted by atomic mass is 10.0. The second-order valence-corrected chi connectivity index (χ2v) is 8.78. The van der Waals surface area contributed by atoms with Crippen LogP contribution in [0.2, 0.25) is 0 Å². The number of amides is 5. The van der Waals surface area contributed by atoms with Crippen molar-refractivity contribution in [2.45, 2.75) is 69.1 Å². The predicted octanol–water partition coefficient (Wildman–Crippen LogP) is -2.63. The summed E-state index contributed by atoms with van der Waals surface area (Å²) in [5, 5.41) is 16.6. The minimum atomic E-state index is -1.55. The Hall–Kier alpha value is -4.04. The van der Waals surface area contributed by atoms with Gasteiger partial charge in [-0.05, 0) is 31.4 Å². The van der Waals surface area contributed by atoms with E-state index in [1.807, 2.05) is 0 Å². The smallest absolute Gasteiger partial charge is 0.326 e. The molecule has 0 spiro atoms. The van der Waals surface area contributed by atoms with Crippen molar-refractivity contribution < 1.29 is 33.9 Å². The molecule has 1 rings (SSSR count). The molecule has 12 N–H and O–H groups in total.